The number of piperazine rings is 1. The van der Waals surface area contributed by atoms with Crippen LogP contribution in [0, 0.1) is 0 Å². The molecule has 1 aliphatic heterocycles. The van der Waals surface area contributed by atoms with E-state index < -0.39 is 0 Å². The fourth-order valence-corrected chi connectivity index (χ4v) is 2.84. The molecular formula is C15H23N3O2. The summed E-state index contributed by atoms with van der Waals surface area (Å²) in [5.41, 5.74) is 6.73. The maximum Gasteiger partial charge on any atom is 0.236 e. The summed E-state index contributed by atoms with van der Waals surface area (Å²) in [6.07, 6.45) is 0.941. The van der Waals surface area contributed by atoms with E-state index in [1.807, 2.05) is 12.1 Å². The minimum Gasteiger partial charge on any atom is -0.497 e. The molecule has 110 valence electrons. The second kappa shape index (κ2) is 6.72. The SMILES string of the molecule is CCC(c1ccc(OC)cc1)N1CCNCC1C(N)=O. The number of amides is 1. The number of nitrogens with one attached hydrogen (secondary N) is 1. The van der Waals surface area contributed by atoms with Gasteiger partial charge in [-0.05, 0) is 24.1 Å². The van der Waals surface area contributed by atoms with Gasteiger partial charge in [-0.25, -0.2) is 0 Å². The van der Waals surface area contributed by atoms with Crippen molar-refractivity contribution in [2.75, 3.05) is 26.7 Å². The molecule has 0 aromatic heterocycles. The van der Waals surface area contributed by atoms with Crippen molar-refractivity contribution in [3.8, 4) is 5.75 Å². The highest BCUT2D eigenvalue weighted by Crippen LogP contribution is 2.28. The zero-order chi connectivity index (χ0) is 14.5. The molecule has 2 rings (SSSR count). The summed E-state index contributed by atoms with van der Waals surface area (Å²) in [5, 5.41) is 3.23. The van der Waals surface area contributed by atoms with Crippen molar-refractivity contribution < 1.29 is 9.53 Å². The third-order valence-corrected chi connectivity index (χ3v) is 3.90. The summed E-state index contributed by atoms with van der Waals surface area (Å²) in [5.74, 6) is 0.583. The molecule has 1 aromatic rings. The number of hydrogen-bond acceptors (Lipinski definition) is 4. The van der Waals surface area contributed by atoms with E-state index in [0.29, 0.717) is 6.54 Å². The molecule has 0 radical (unpaired) electrons. The highest BCUT2D eigenvalue weighted by atomic mass is 16.5. The summed E-state index contributed by atoms with van der Waals surface area (Å²) in [7, 11) is 1.66. The molecule has 1 fully saturated rings. The second-order valence-electron chi connectivity index (χ2n) is 5.06. The van der Waals surface area contributed by atoms with E-state index in [0.717, 1.165) is 25.3 Å². The monoisotopic (exact) mass is 277 g/mol. The minimum absolute atomic E-state index is 0.209. The Kier molecular flexibility index (Phi) is 4.98. The lowest BCUT2D eigenvalue weighted by atomic mass is 9.99. The van der Waals surface area contributed by atoms with Crippen LogP contribution in [0.25, 0.3) is 0 Å². The topological polar surface area (TPSA) is 67.6 Å². The van der Waals surface area contributed by atoms with Crippen LogP contribution in [0.3, 0.4) is 0 Å². The van der Waals surface area contributed by atoms with Crippen LogP contribution in [0.5, 0.6) is 5.75 Å². The van der Waals surface area contributed by atoms with Crippen molar-refractivity contribution in [3.05, 3.63) is 29.8 Å². The number of benzene rings is 1. The van der Waals surface area contributed by atoms with E-state index in [2.05, 4.69) is 29.3 Å². The smallest absolute Gasteiger partial charge is 0.236 e. The first kappa shape index (κ1) is 14.8. The summed E-state index contributed by atoms with van der Waals surface area (Å²) in [6, 6.07) is 8.01. The largest absolute Gasteiger partial charge is 0.497 e. The fourth-order valence-electron chi connectivity index (χ4n) is 2.84. The lowest BCUT2D eigenvalue weighted by molar-refractivity contribution is -0.125. The van der Waals surface area contributed by atoms with Crippen LogP contribution in [0.4, 0.5) is 0 Å². The molecule has 20 heavy (non-hydrogen) atoms. The molecule has 5 heteroatoms. The van der Waals surface area contributed by atoms with E-state index in [1.165, 1.54) is 5.56 Å². The lowest BCUT2D eigenvalue weighted by Crippen LogP contribution is -2.57. The van der Waals surface area contributed by atoms with Crippen LogP contribution in [0.15, 0.2) is 24.3 Å². The Hall–Kier alpha value is -1.59. The number of carbonyl (C=O) groups excluding carboxylic acids is 1. The predicted octanol–water partition coefficient (Wildman–Crippen LogP) is 0.905. The van der Waals surface area contributed by atoms with E-state index >= 15 is 0 Å². The maximum absolute atomic E-state index is 11.6. The van der Waals surface area contributed by atoms with Gasteiger partial charge in [0.05, 0.1) is 7.11 Å². The van der Waals surface area contributed by atoms with E-state index in [9.17, 15) is 4.79 Å². The number of nitrogens with two attached hydrogens (primary N) is 1. The third kappa shape index (κ3) is 3.11. The Morgan fingerprint density at radius 1 is 1.50 bits per heavy atom. The number of methoxy groups -OCH3 is 1. The minimum atomic E-state index is -0.260. The summed E-state index contributed by atoms with van der Waals surface area (Å²) >= 11 is 0. The van der Waals surface area contributed by atoms with Crippen molar-refractivity contribution in [1.29, 1.82) is 0 Å². The Morgan fingerprint density at radius 3 is 2.75 bits per heavy atom. The van der Waals surface area contributed by atoms with Gasteiger partial charge in [-0.1, -0.05) is 19.1 Å². The van der Waals surface area contributed by atoms with Gasteiger partial charge in [0.2, 0.25) is 5.91 Å². The Morgan fingerprint density at radius 2 is 2.20 bits per heavy atom. The summed E-state index contributed by atoms with van der Waals surface area (Å²) in [6.45, 7) is 4.48. The maximum atomic E-state index is 11.6. The molecule has 1 saturated heterocycles. The molecule has 0 aliphatic carbocycles. The number of hydrogen-bond donors (Lipinski definition) is 2. The molecule has 1 amide bonds. The summed E-state index contributed by atoms with van der Waals surface area (Å²) in [4.78, 5) is 13.8. The van der Waals surface area contributed by atoms with Gasteiger partial charge >= 0.3 is 0 Å². The second-order valence-corrected chi connectivity index (χ2v) is 5.06. The third-order valence-electron chi connectivity index (χ3n) is 3.90. The van der Waals surface area contributed by atoms with Gasteiger partial charge in [0.15, 0.2) is 0 Å². The van der Waals surface area contributed by atoms with Crippen molar-refractivity contribution in [1.82, 2.24) is 10.2 Å². The van der Waals surface area contributed by atoms with Crippen LogP contribution in [0.1, 0.15) is 24.9 Å². The summed E-state index contributed by atoms with van der Waals surface area (Å²) < 4.78 is 5.19. The molecule has 2 unspecified atom stereocenters. The van der Waals surface area contributed by atoms with Crippen molar-refractivity contribution in [2.45, 2.75) is 25.4 Å². The molecular weight excluding hydrogens is 254 g/mol. The van der Waals surface area contributed by atoms with Gasteiger partial charge in [0, 0.05) is 25.7 Å². The van der Waals surface area contributed by atoms with Gasteiger partial charge in [-0.15, -0.1) is 0 Å². The molecule has 0 bridgehead atoms. The van der Waals surface area contributed by atoms with Crippen LogP contribution in [0.2, 0.25) is 0 Å². The first-order valence-electron chi connectivity index (χ1n) is 7.07. The molecule has 0 saturated carbocycles. The zero-order valence-corrected chi connectivity index (χ0v) is 12.1. The normalized spacial score (nSPS) is 21.4. The number of carbonyl (C=O) groups is 1. The number of ether oxygens (including phenoxy) is 1. The Labute approximate surface area is 120 Å². The average molecular weight is 277 g/mol. The van der Waals surface area contributed by atoms with E-state index in [4.69, 9.17) is 10.5 Å². The van der Waals surface area contributed by atoms with Crippen molar-refractivity contribution >= 4 is 5.91 Å². The quantitative estimate of drug-likeness (QED) is 0.839. The van der Waals surface area contributed by atoms with Gasteiger partial charge in [0.1, 0.15) is 11.8 Å². The first-order chi connectivity index (χ1) is 9.67. The number of nitrogens with zero attached hydrogens (tertiary/aromatic N) is 1. The zero-order valence-electron chi connectivity index (χ0n) is 12.1. The standard InChI is InChI=1S/C15H23N3O2/c1-3-13(11-4-6-12(20-2)7-5-11)18-9-8-17-10-14(18)15(16)19/h4-7,13-14,17H,3,8-10H2,1-2H3,(H2,16,19). The van der Waals surface area contributed by atoms with Crippen LogP contribution in [-0.4, -0.2) is 43.6 Å². The number of primary amides is 1. The van der Waals surface area contributed by atoms with E-state index in [-0.39, 0.29) is 18.0 Å². The van der Waals surface area contributed by atoms with Crippen LogP contribution in [-0.2, 0) is 4.79 Å². The molecule has 1 heterocycles. The highest BCUT2D eigenvalue weighted by Gasteiger charge is 2.32. The first-order valence-corrected chi connectivity index (χ1v) is 7.07. The van der Waals surface area contributed by atoms with Gasteiger partial charge < -0.3 is 15.8 Å². The van der Waals surface area contributed by atoms with Crippen LogP contribution < -0.4 is 15.8 Å². The van der Waals surface area contributed by atoms with Crippen LogP contribution >= 0.6 is 0 Å². The van der Waals surface area contributed by atoms with Gasteiger partial charge in [-0.3, -0.25) is 9.69 Å². The molecule has 0 spiro atoms. The molecule has 3 N–H and O–H groups in total. The average Bonchev–Trinajstić information content (AvgIpc) is 2.49. The molecule has 2 atom stereocenters. The molecule has 1 aliphatic rings. The highest BCUT2D eigenvalue weighted by molar-refractivity contribution is 5.80. The van der Waals surface area contributed by atoms with Gasteiger partial charge in [0.25, 0.3) is 0 Å². The molecule has 1 aromatic carbocycles. The van der Waals surface area contributed by atoms with Gasteiger partial charge in [-0.2, -0.15) is 0 Å². The predicted molar refractivity (Wildman–Crippen MR) is 78.6 cm³/mol. The Bertz CT molecular complexity index is 447. The van der Waals surface area contributed by atoms with Crippen molar-refractivity contribution in [3.63, 3.8) is 0 Å². The fraction of sp³-hybridized carbons (Fsp3) is 0.533. The van der Waals surface area contributed by atoms with Crippen molar-refractivity contribution in [2.24, 2.45) is 5.73 Å². The van der Waals surface area contributed by atoms with E-state index in [1.54, 1.807) is 7.11 Å². The Balaban J connectivity index is 2.22. The number of rotatable bonds is 5. The molecule has 5 nitrogen and oxygen atoms in total. The lowest BCUT2D eigenvalue weighted by Gasteiger charge is -2.40.